The molecule has 1 heterocycles. The molecule has 29 heavy (non-hydrogen) atoms. The molecule has 4 heteroatoms. The first-order valence-corrected chi connectivity index (χ1v) is 11.1. The number of alkyl halides is 2. The maximum atomic E-state index is 15.0. The van der Waals surface area contributed by atoms with Crippen molar-refractivity contribution < 1.29 is 17.9 Å². The van der Waals surface area contributed by atoms with Gasteiger partial charge in [0, 0.05) is 5.56 Å². The summed E-state index contributed by atoms with van der Waals surface area (Å²) in [4.78, 5) is 0. The van der Waals surface area contributed by atoms with Crippen molar-refractivity contribution in [1.82, 2.24) is 0 Å². The van der Waals surface area contributed by atoms with E-state index in [1.165, 1.54) is 6.42 Å². The maximum Gasteiger partial charge on any atom is 0.266 e. The predicted molar refractivity (Wildman–Crippen MR) is 113 cm³/mol. The first-order chi connectivity index (χ1) is 14.0. The minimum Gasteiger partial charge on any atom is -0.374 e. The summed E-state index contributed by atoms with van der Waals surface area (Å²) in [5.74, 6) is 0.266. The van der Waals surface area contributed by atoms with E-state index in [0.717, 1.165) is 51.6 Å². The van der Waals surface area contributed by atoms with Crippen LogP contribution in [0.1, 0.15) is 87.3 Å². The Morgan fingerprint density at radius 1 is 1.14 bits per heavy atom. The Kier molecular flexibility index (Phi) is 7.99. The third-order valence-corrected chi connectivity index (χ3v) is 6.60. The molecule has 3 rings (SSSR count). The number of rotatable bonds is 7. The average molecular weight is 407 g/mol. The molecule has 1 aliphatic carbocycles. The fraction of sp³-hybridized carbons (Fsp3) is 0.600. The largest absolute Gasteiger partial charge is 0.374 e. The van der Waals surface area contributed by atoms with Crippen molar-refractivity contribution >= 4 is 6.08 Å². The third-order valence-electron chi connectivity index (χ3n) is 6.60. The molecule has 0 N–H and O–H groups in total. The molecule has 1 aliphatic heterocycles. The summed E-state index contributed by atoms with van der Waals surface area (Å²) in [7, 11) is 0. The molecule has 2 atom stereocenters. The number of ether oxygens (including phenoxy) is 1. The van der Waals surface area contributed by atoms with E-state index in [-0.39, 0.29) is 17.6 Å². The van der Waals surface area contributed by atoms with E-state index in [1.807, 2.05) is 12.2 Å². The van der Waals surface area contributed by atoms with Crippen molar-refractivity contribution in [1.29, 1.82) is 0 Å². The van der Waals surface area contributed by atoms with E-state index in [1.54, 1.807) is 18.2 Å². The van der Waals surface area contributed by atoms with E-state index in [0.29, 0.717) is 17.4 Å². The van der Waals surface area contributed by atoms with Gasteiger partial charge in [-0.15, -0.1) is 6.58 Å². The van der Waals surface area contributed by atoms with Crippen molar-refractivity contribution in [3.05, 3.63) is 53.4 Å². The van der Waals surface area contributed by atoms with Crippen LogP contribution in [0.25, 0.3) is 6.08 Å². The van der Waals surface area contributed by atoms with Crippen LogP contribution >= 0.6 is 0 Å². The summed E-state index contributed by atoms with van der Waals surface area (Å²) >= 11 is 0. The van der Waals surface area contributed by atoms with Crippen LogP contribution in [0.2, 0.25) is 0 Å². The van der Waals surface area contributed by atoms with Crippen LogP contribution in [-0.4, -0.2) is 12.7 Å². The second kappa shape index (κ2) is 10.5. The van der Waals surface area contributed by atoms with Crippen LogP contribution in [0.4, 0.5) is 13.2 Å². The zero-order valence-electron chi connectivity index (χ0n) is 17.4. The smallest absolute Gasteiger partial charge is 0.266 e. The van der Waals surface area contributed by atoms with E-state index in [4.69, 9.17) is 4.74 Å². The van der Waals surface area contributed by atoms with E-state index >= 15 is 4.39 Å². The van der Waals surface area contributed by atoms with Gasteiger partial charge in [0.1, 0.15) is 5.82 Å². The van der Waals surface area contributed by atoms with Crippen LogP contribution in [0.15, 0.2) is 30.9 Å². The zero-order valence-corrected chi connectivity index (χ0v) is 17.4. The molecule has 1 saturated heterocycles. The summed E-state index contributed by atoms with van der Waals surface area (Å²) < 4.78 is 48.4. The quantitative estimate of drug-likeness (QED) is 0.419. The molecule has 0 radical (unpaired) electrons. The normalized spacial score (nSPS) is 28.2. The van der Waals surface area contributed by atoms with E-state index in [2.05, 4.69) is 13.5 Å². The van der Waals surface area contributed by atoms with Crippen LogP contribution in [0, 0.1) is 17.7 Å². The van der Waals surface area contributed by atoms with Crippen LogP contribution < -0.4 is 0 Å². The minimum atomic E-state index is -2.81. The Balaban J connectivity index is 1.72. The van der Waals surface area contributed by atoms with Crippen molar-refractivity contribution in [3.8, 4) is 0 Å². The molecule has 0 amide bonds. The van der Waals surface area contributed by atoms with Gasteiger partial charge in [-0.2, -0.15) is 0 Å². The van der Waals surface area contributed by atoms with Gasteiger partial charge >= 0.3 is 0 Å². The molecule has 160 valence electrons. The summed E-state index contributed by atoms with van der Waals surface area (Å²) in [6.45, 7) is 6.72. The van der Waals surface area contributed by atoms with Gasteiger partial charge in [0.2, 0.25) is 0 Å². The van der Waals surface area contributed by atoms with Gasteiger partial charge in [-0.3, -0.25) is 0 Å². The fourth-order valence-electron chi connectivity index (χ4n) is 4.82. The van der Waals surface area contributed by atoms with Gasteiger partial charge < -0.3 is 4.74 Å². The standard InChI is InChI=1S/C25H33F3O/c1-3-5-18-8-13-21(29-16-18)14-11-20-12-15-22(23(24(20)26)25(27)28)19-9-6-17(4-2)7-10-19/h4,11-12,14-15,17-19,21,25H,2-3,5-10,13,16H2,1H3/b14-11+. The molecule has 2 unspecified atom stereocenters. The van der Waals surface area contributed by atoms with E-state index in [9.17, 15) is 8.78 Å². The number of hydrogen-bond acceptors (Lipinski definition) is 1. The Bertz CT molecular complexity index is 696. The lowest BCUT2D eigenvalue weighted by Crippen LogP contribution is -2.24. The Hall–Kier alpha value is -1.55. The molecule has 0 bridgehead atoms. The molecule has 2 aliphatic rings. The van der Waals surface area contributed by atoms with Crippen LogP contribution in [0.3, 0.4) is 0 Å². The number of hydrogen-bond donors (Lipinski definition) is 0. The highest BCUT2D eigenvalue weighted by Crippen LogP contribution is 2.41. The lowest BCUT2D eigenvalue weighted by Gasteiger charge is -2.29. The highest BCUT2D eigenvalue weighted by Gasteiger charge is 2.28. The van der Waals surface area contributed by atoms with Crippen molar-refractivity contribution in [2.75, 3.05) is 6.61 Å². The number of allylic oxidation sites excluding steroid dienone is 1. The van der Waals surface area contributed by atoms with Gasteiger partial charge in [0.15, 0.2) is 0 Å². The van der Waals surface area contributed by atoms with Crippen molar-refractivity contribution in [2.24, 2.45) is 11.8 Å². The molecular weight excluding hydrogens is 373 g/mol. The lowest BCUT2D eigenvalue weighted by atomic mass is 9.77. The predicted octanol–water partition coefficient (Wildman–Crippen LogP) is 7.83. The van der Waals surface area contributed by atoms with Crippen molar-refractivity contribution in [3.63, 3.8) is 0 Å². The first kappa shape index (κ1) is 22.1. The molecule has 1 nitrogen and oxygen atoms in total. The maximum absolute atomic E-state index is 15.0. The summed E-state index contributed by atoms with van der Waals surface area (Å²) in [6.07, 6.45) is 10.3. The monoisotopic (exact) mass is 406 g/mol. The molecule has 1 aromatic rings. The molecule has 0 aromatic heterocycles. The topological polar surface area (TPSA) is 9.23 Å². The average Bonchev–Trinajstić information content (AvgIpc) is 2.73. The number of benzene rings is 1. The first-order valence-electron chi connectivity index (χ1n) is 11.1. The van der Waals surface area contributed by atoms with E-state index < -0.39 is 17.8 Å². The van der Waals surface area contributed by atoms with Gasteiger partial charge in [-0.05, 0) is 68.3 Å². The van der Waals surface area contributed by atoms with Crippen LogP contribution in [0.5, 0.6) is 0 Å². The van der Waals surface area contributed by atoms with Crippen LogP contribution in [-0.2, 0) is 4.74 Å². The highest BCUT2D eigenvalue weighted by molar-refractivity contribution is 5.54. The van der Waals surface area contributed by atoms with Gasteiger partial charge in [0.05, 0.1) is 18.3 Å². The highest BCUT2D eigenvalue weighted by atomic mass is 19.3. The lowest BCUT2D eigenvalue weighted by molar-refractivity contribution is 0.00878. The van der Waals surface area contributed by atoms with Gasteiger partial charge in [0.25, 0.3) is 6.43 Å². The Morgan fingerprint density at radius 3 is 2.48 bits per heavy atom. The summed E-state index contributed by atoms with van der Waals surface area (Å²) in [5, 5.41) is 0. The Labute approximate surface area is 173 Å². The molecular formula is C25H33F3O. The molecule has 2 fully saturated rings. The number of halogens is 3. The molecule has 1 aromatic carbocycles. The van der Waals surface area contributed by atoms with Gasteiger partial charge in [-0.25, -0.2) is 13.2 Å². The minimum absolute atomic E-state index is 0.0000866. The second-order valence-corrected chi connectivity index (χ2v) is 8.58. The Morgan fingerprint density at radius 2 is 1.90 bits per heavy atom. The van der Waals surface area contributed by atoms with Gasteiger partial charge in [-0.1, -0.05) is 43.7 Å². The molecule has 1 saturated carbocycles. The fourth-order valence-corrected chi connectivity index (χ4v) is 4.82. The second-order valence-electron chi connectivity index (χ2n) is 8.58. The summed E-state index contributed by atoms with van der Waals surface area (Å²) in [5.41, 5.74) is 0.290. The summed E-state index contributed by atoms with van der Waals surface area (Å²) in [6, 6.07) is 3.36. The molecule has 0 spiro atoms. The van der Waals surface area contributed by atoms with Crippen molar-refractivity contribution in [2.45, 2.75) is 76.7 Å². The third kappa shape index (κ3) is 5.53. The SMILES string of the molecule is C=CC1CCC(c2ccc(/C=C/C3CCC(CCC)CO3)c(F)c2C(F)F)CC1. The zero-order chi connectivity index (χ0) is 20.8.